The van der Waals surface area contributed by atoms with E-state index in [0.717, 1.165) is 18.8 Å². The molecule has 0 N–H and O–H groups in total. The molecule has 2 unspecified atom stereocenters. The molecule has 0 radical (unpaired) electrons. The molecule has 3 aromatic carbocycles. The Hall–Kier alpha value is -2.93. The van der Waals surface area contributed by atoms with Gasteiger partial charge < -0.3 is 0 Å². The highest BCUT2D eigenvalue weighted by Crippen LogP contribution is 2.41. The van der Waals surface area contributed by atoms with E-state index in [-0.39, 0.29) is 5.54 Å². The maximum absolute atomic E-state index is 2.74. The van der Waals surface area contributed by atoms with Crippen LogP contribution < -0.4 is 4.57 Å². The Kier molecular flexibility index (Phi) is 7.56. The molecule has 36 heavy (non-hydrogen) atoms. The Balaban J connectivity index is 1.70. The zero-order valence-corrected chi connectivity index (χ0v) is 22.5. The minimum Gasteiger partial charge on any atom is -0.192 e. The summed E-state index contributed by atoms with van der Waals surface area (Å²) in [5.41, 5.74) is 7.11. The van der Waals surface area contributed by atoms with Gasteiger partial charge in [0.1, 0.15) is 0 Å². The van der Waals surface area contributed by atoms with Gasteiger partial charge in [-0.3, -0.25) is 0 Å². The van der Waals surface area contributed by atoms with Gasteiger partial charge in [-0.25, -0.2) is 0 Å². The average molecular weight is 477 g/mol. The minimum absolute atomic E-state index is 0.126. The third kappa shape index (κ3) is 4.73. The standard InChI is InChI=1S/C35H42N/c1-4-6-8-15-27(3)22-24-35(5-2)25-23-29-18-11-12-19-30(29)34-32-21-14-13-20-31(32)33(26-36(34)35)28-16-9-7-10-17-28/h7,9-14,16-21,26-27H,4-6,8,15,22-25H2,1-3H3/q+1. The number of rotatable bonds is 9. The van der Waals surface area contributed by atoms with Crippen molar-refractivity contribution in [2.45, 2.75) is 84.1 Å². The summed E-state index contributed by atoms with van der Waals surface area (Å²) < 4.78 is 2.74. The lowest BCUT2D eigenvalue weighted by Gasteiger charge is -2.30. The predicted octanol–water partition coefficient (Wildman–Crippen LogP) is 9.51. The fourth-order valence-electron chi connectivity index (χ4n) is 6.44. The van der Waals surface area contributed by atoms with Crippen molar-refractivity contribution in [2.24, 2.45) is 5.92 Å². The molecular formula is C35H42N+. The molecule has 0 saturated heterocycles. The summed E-state index contributed by atoms with van der Waals surface area (Å²) in [6.45, 7) is 7.21. The monoisotopic (exact) mass is 476 g/mol. The second-order valence-electron chi connectivity index (χ2n) is 11.0. The largest absolute Gasteiger partial charge is 0.221 e. The van der Waals surface area contributed by atoms with Gasteiger partial charge in [-0.1, -0.05) is 113 Å². The van der Waals surface area contributed by atoms with Crippen LogP contribution in [0.15, 0.2) is 85.1 Å². The Morgan fingerprint density at radius 1 is 0.778 bits per heavy atom. The minimum atomic E-state index is 0.126. The Bertz CT molecular complexity index is 1310. The Morgan fingerprint density at radius 2 is 1.50 bits per heavy atom. The first-order chi connectivity index (χ1) is 17.7. The topological polar surface area (TPSA) is 3.88 Å². The fraction of sp³-hybridized carbons (Fsp3) is 0.400. The first-order valence-corrected chi connectivity index (χ1v) is 14.3. The second kappa shape index (κ2) is 11.0. The normalized spacial score (nSPS) is 17.9. The molecule has 1 nitrogen and oxygen atoms in total. The molecule has 0 aliphatic carbocycles. The maximum Gasteiger partial charge on any atom is 0.221 e. The van der Waals surface area contributed by atoms with Crippen molar-refractivity contribution >= 4 is 10.8 Å². The molecule has 0 saturated carbocycles. The van der Waals surface area contributed by atoms with Crippen molar-refractivity contribution in [3.05, 3.63) is 90.6 Å². The van der Waals surface area contributed by atoms with E-state index in [1.54, 1.807) is 0 Å². The zero-order valence-electron chi connectivity index (χ0n) is 22.5. The highest BCUT2D eigenvalue weighted by molar-refractivity contribution is 6.02. The maximum atomic E-state index is 2.74. The molecule has 1 aliphatic rings. The summed E-state index contributed by atoms with van der Waals surface area (Å²) in [6.07, 6.45) is 14.0. The molecule has 1 heteroatoms. The predicted molar refractivity (Wildman–Crippen MR) is 154 cm³/mol. The van der Waals surface area contributed by atoms with E-state index in [9.17, 15) is 0 Å². The highest BCUT2D eigenvalue weighted by Gasteiger charge is 2.43. The van der Waals surface area contributed by atoms with E-state index < -0.39 is 0 Å². The summed E-state index contributed by atoms with van der Waals surface area (Å²) in [4.78, 5) is 0. The van der Waals surface area contributed by atoms with Gasteiger partial charge in [0.05, 0.1) is 16.5 Å². The highest BCUT2D eigenvalue weighted by atomic mass is 15.1. The molecule has 5 rings (SSSR count). The van der Waals surface area contributed by atoms with E-state index in [1.807, 2.05) is 0 Å². The summed E-state index contributed by atoms with van der Waals surface area (Å²) in [5, 5.41) is 2.73. The van der Waals surface area contributed by atoms with Gasteiger partial charge in [0, 0.05) is 24.6 Å². The first-order valence-electron chi connectivity index (χ1n) is 14.3. The van der Waals surface area contributed by atoms with E-state index in [1.165, 1.54) is 83.7 Å². The molecule has 2 heterocycles. The van der Waals surface area contributed by atoms with Crippen LogP contribution in [0.3, 0.4) is 0 Å². The molecule has 0 amide bonds. The molecule has 0 spiro atoms. The quantitative estimate of drug-likeness (QED) is 0.167. The molecule has 4 aromatic rings. The number of aromatic nitrogens is 1. The second-order valence-corrected chi connectivity index (χ2v) is 11.0. The summed E-state index contributed by atoms with van der Waals surface area (Å²) in [6, 6.07) is 29.2. The number of fused-ring (bicyclic) bond motifs is 5. The van der Waals surface area contributed by atoms with Gasteiger partial charge >= 0.3 is 0 Å². The van der Waals surface area contributed by atoms with Crippen LogP contribution in [-0.4, -0.2) is 0 Å². The summed E-state index contributed by atoms with van der Waals surface area (Å²) in [7, 11) is 0. The molecule has 0 bridgehead atoms. The van der Waals surface area contributed by atoms with Crippen LogP contribution in [0.5, 0.6) is 0 Å². The number of aryl methyl sites for hydroxylation is 1. The van der Waals surface area contributed by atoms with E-state index in [0.29, 0.717) is 0 Å². The van der Waals surface area contributed by atoms with Gasteiger partial charge in [-0.05, 0) is 42.0 Å². The number of pyridine rings is 1. The van der Waals surface area contributed by atoms with E-state index in [4.69, 9.17) is 0 Å². The van der Waals surface area contributed by atoms with Crippen LogP contribution in [0.4, 0.5) is 0 Å². The smallest absolute Gasteiger partial charge is 0.192 e. The van der Waals surface area contributed by atoms with Crippen LogP contribution in [0.25, 0.3) is 33.2 Å². The van der Waals surface area contributed by atoms with Crippen LogP contribution >= 0.6 is 0 Å². The molecule has 0 fully saturated rings. The third-order valence-corrected chi connectivity index (χ3v) is 8.76. The van der Waals surface area contributed by atoms with Crippen molar-refractivity contribution in [1.82, 2.24) is 0 Å². The van der Waals surface area contributed by atoms with Crippen molar-refractivity contribution in [1.29, 1.82) is 0 Å². The average Bonchev–Trinajstić information content (AvgIpc) is 3.07. The van der Waals surface area contributed by atoms with Crippen LogP contribution in [0.1, 0.15) is 77.7 Å². The fourth-order valence-corrected chi connectivity index (χ4v) is 6.44. The van der Waals surface area contributed by atoms with Gasteiger partial charge in [0.2, 0.25) is 5.69 Å². The summed E-state index contributed by atoms with van der Waals surface area (Å²) >= 11 is 0. The lowest BCUT2D eigenvalue weighted by Crippen LogP contribution is -2.57. The van der Waals surface area contributed by atoms with Crippen molar-refractivity contribution in [3.63, 3.8) is 0 Å². The van der Waals surface area contributed by atoms with Crippen LogP contribution in [0.2, 0.25) is 0 Å². The molecule has 186 valence electrons. The van der Waals surface area contributed by atoms with Crippen molar-refractivity contribution in [3.8, 4) is 22.4 Å². The van der Waals surface area contributed by atoms with Gasteiger partial charge in [0.15, 0.2) is 11.7 Å². The number of unbranched alkanes of at least 4 members (excludes halogenated alkanes) is 2. The summed E-state index contributed by atoms with van der Waals surface area (Å²) in [5.74, 6) is 0.781. The number of benzene rings is 3. The molecule has 1 aromatic heterocycles. The molecule has 2 atom stereocenters. The van der Waals surface area contributed by atoms with Crippen molar-refractivity contribution in [2.75, 3.05) is 0 Å². The number of hydrogen-bond donors (Lipinski definition) is 0. The Labute approximate surface area is 218 Å². The lowest BCUT2D eigenvalue weighted by atomic mass is 9.81. The number of hydrogen-bond acceptors (Lipinski definition) is 0. The van der Waals surface area contributed by atoms with Gasteiger partial charge in [0.25, 0.3) is 0 Å². The van der Waals surface area contributed by atoms with Gasteiger partial charge in [-0.2, -0.15) is 4.57 Å². The van der Waals surface area contributed by atoms with Crippen molar-refractivity contribution < 1.29 is 4.57 Å². The number of nitrogens with zero attached hydrogens (tertiary/aromatic N) is 1. The Morgan fingerprint density at radius 3 is 2.28 bits per heavy atom. The van der Waals surface area contributed by atoms with Crippen LogP contribution in [-0.2, 0) is 12.0 Å². The zero-order chi connectivity index (χ0) is 25.0. The van der Waals surface area contributed by atoms with E-state index >= 15 is 0 Å². The van der Waals surface area contributed by atoms with Gasteiger partial charge in [-0.15, -0.1) is 0 Å². The molecule has 1 aliphatic heterocycles. The molecular weight excluding hydrogens is 434 g/mol. The van der Waals surface area contributed by atoms with E-state index in [2.05, 4.69) is 110 Å². The SMILES string of the molecule is CCCCCC(C)CCC1(CC)CCc2ccccc2-c2c3ccccc3c(-c3ccccc3)c[n+]21. The third-order valence-electron chi connectivity index (χ3n) is 8.76. The lowest BCUT2D eigenvalue weighted by molar-refractivity contribution is -0.756. The first kappa shape index (κ1) is 24.8. The van der Waals surface area contributed by atoms with Crippen LogP contribution in [0, 0.1) is 5.92 Å².